The van der Waals surface area contributed by atoms with Crippen LogP contribution in [0.1, 0.15) is 60.2 Å². The Morgan fingerprint density at radius 1 is 1.07 bits per heavy atom. The summed E-state index contributed by atoms with van der Waals surface area (Å²) in [5, 5.41) is 5.73. The zero-order chi connectivity index (χ0) is 20.1. The summed E-state index contributed by atoms with van der Waals surface area (Å²) in [5.74, 6) is 0.788. The van der Waals surface area contributed by atoms with Crippen molar-refractivity contribution in [2.75, 3.05) is 46.3 Å². The number of piperidine rings is 2. The molecule has 0 unspecified atom stereocenters. The molecule has 1 aromatic heterocycles. The fourth-order valence-corrected chi connectivity index (χ4v) is 4.49. The van der Waals surface area contributed by atoms with Gasteiger partial charge in [-0.3, -0.25) is 4.79 Å². The minimum absolute atomic E-state index is 0.0219. The number of carbonyl (C=O) groups excluding carboxylic acids is 2. The van der Waals surface area contributed by atoms with E-state index in [-0.39, 0.29) is 18.0 Å². The summed E-state index contributed by atoms with van der Waals surface area (Å²) in [5.41, 5.74) is 1.45. The van der Waals surface area contributed by atoms with Crippen molar-refractivity contribution >= 4 is 11.9 Å². The number of aromatic nitrogens is 2. The van der Waals surface area contributed by atoms with Crippen LogP contribution in [0.3, 0.4) is 0 Å². The highest BCUT2D eigenvalue weighted by Crippen LogP contribution is 2.27. The van der Waals surface area contributed by atoms with Crippen LogP contribution in [0.2, 0.25) is 0 Å². The minimum Gasteiger partial charge on any atom is -0.349 e. The highest BCUT2D eigenvalue weighted by molar-refractivity contribution is 5.93. The van der Waals surface area contributed by atoms with Crippen LogP contribution in [-0.4, -0.2) is 77.6 Å². The quantitative estimate of drug-likeness (QED) is 0.802. The Bertz CT molecular complexity index is 687. The van der Waals surface area contributed by atoms with Gasteiger partial charge in [-0.25, -0.2) is 9.78 Å². The van der Waals surface area contributed by atoms with E-state index >= 15 is 0 Å². The maximum absolute atomic E-state index is 12.7. The number of likely N-dealkylation sites (tertiary alicyclic amines) is 2. The lowest BCUT2D eigenvalue weighted by Crippen LogP contribution is -2.43. The van der Waals surface area contributed by atoms with Crippen molar-refractivity contribution in [3.05, 3.63) is 17.2 Å². The van der Waals surface area contributed by atoms with E-state index in [0.717, 1.165) is 57.1 Å². The molecular formula is C20H34N6O2. The normalized spacial score (nSPS) is 18.9. The van der Waals surface area contributed by atoms with Gasteiger partial charge in [-0.2, -0.15) is 0 Å². The van der Waals surface area contributed by atoms with Crippen molar-refractivity contribution in [2.24, 2.45) is 0 Å². The molecule has 0 aromatic carbocycles. The molecule has 0 saturated carbocycles. The first-order valence-corrected chi connectivity index (χ1v) is 10.5. The van der Waals surface area contributed by atoms with Crippen molar-refractivity contribution in [1.82, 2.24) is 30.0 Å². The molecule has 3 rings (SSSR count). The average Bonchev–Trinajstić information content (AvgIpc) is 3.02. The number of hydrogen-bond donors (Lipinski definition) is 2. The third kappa shape index (κ3) is 4.66. The SMILES string of the molecule is CNC(=O)N1CCC(n2c(C)nc(C(=O)NCCN3CCCCC3)c2C)CC1. The van der Waals surface area contributed by atoms with Gasteiger partial charge in [0, 0.05) is 45.0 Å². The van der Waals surface area contributed by atoms with E-state index in [9.17, 15) is 9.59 Å². The van der Waals surface area contributed by atoms with E-state index in [2.05, 4.69) is 25.1 Å². The average molecular weight is 391 g/mol. The van der Waals surface area contributed by atoms with E-state index in [1.54, 1.807) is 7.05 Å². The first-order chi connectivity index (χ1) is 13.5. The lowest BCUT2D eigenvalue weighted by Gasteiger charge is -2.33. The Balaban J connectivity index is 1.57. The maximum Gasteiger partial charge on any atom is 0.317 e. The molecule has 0 bridgehead atoms. The van der Waals surface area contributed by atoms with Gasteiger partial charge in [0.15, 0.2) is 0 Å². The molecule has 2 fully saturated rings. The smallest absolute Gasteiger partial charge is 0.317 e. The second kappa shape index (κ2) is 9.41. The molecular weight excluding hydrogens is 356 g/mol. The number of nitrogens with one attached hydrogen (secondary N) is 2. The van der Waals surface area contributed by atoms with Gasteiger partial charge >= 0.3 is 6.03 Å². The van der Waals surface area contributed by atoms with E-state index < -0.39 is 0 Å². The number of carbonyl (C=O) groups is 2. The van der Waals surface area contributed by atoms with Gasteiger partial charge < -0.3 is 25.0 Å². The van der Waals surface area contributed by atoms with Gasteiger partial charge in [0.1, 0.15) is 11.5 Å². The Morgan fingerprint density at radius 2 is 1.75 bits per heavy atom. The molecule has 8 heteroatoms. The largest absolute Gasteiger partial charge is 0.349 e. The minimum atomic E-state index is -0.0841. The Hall–Kier alpha value is -2.09. The predicted octanol–water partition coefficient (Wildman–Crippen LogP) is 1.69. The number of rotatable bonds is 5. The molecule has 28 heavy (non-hydrogen) atoms. The monoisotopic (exact) mass is 390 g/mol. The van der Waals surface area contributed by atoms with E-state index in [4.69, 9.17) is 0 Å². The predicted molar refractivity (Wildman–Crippen MR) is 109 cm³/mol. The van der Waals surface area contributed by atoms with Crippen molar-refractivity contribution in [1.29, 1.82) is 0 Å². The van der Waals surface area contributed by atoms with Crippen LogP contribution in [0.4, 0.5) is 4.79 Å². The Morgan fingerprint density at radius 3 is 2.39 bits per heavy atom. The molecule has 2 aliphatic rings. The summed E-state index contributed by atoms with van der Waals surface area (Å²) in [4.78, 5) is 33.3. The van der Waals surface area contributed by atoms with Crippen LogP contribution in [0, 0.1) is 13.8 Å². The standard InChI is InChI=1S/C20H34N6O2/c1-15-18(19(27)22-9-14-24-10-5-4-6-11-24)23-16(2)26(15)17-7-12-25(13-8-17)20(28)21-3/h17H,4-14H2,1-3H3,(H,21,28)(H,22,27). The molecule has 2 aliphatic heterocycles. The summed E-state index contributed by atoms with van der Waals surface area (Å²) in [6.45, 7) is 9.22. The van der Waals surface area contributed by atoms with Gasteiger partial charge in [-0.15, -0.1) is 0 Å². The fourth-order valence-electron chi connectivity index (χ4n) is 4.49. The molecule has 0 atom stereocenters. The summed E-state index contributed by atoms with van der Waals surface area (Å²) in [7, 11) is 1.66. The lowest BCUT2D eigenvalue weighted by atomic mass is 10.0. The van der Waals surface area contributed by atoms with Crippen LogP contribution in [0.5, 0.6) is 0 Å². The molecule has 0 aliphatic carbocycles. The van der Waals surface area contributed by atoms with Crippen molar-refractivity contribution in [3.63, 3.8) is 0 Å². The highest BCUT2D eigenvalue weighted by Gasteiger charge is 2.27. The number of imidazole rings is 1. The van der Waals surface area contributed by atoms with E-state index in [1.807, 2.05) is 18.7 Å². The third-order valence-corrected chi connectivity index (χ3v) is 6.03. The number of nitrogens with zero attached hydrogens (tertiary/aromatic N) is 4. The van der Waals surface area contributed by atoms with Crippen LogP contribution in [0.15, 0.2) is 0 Å². The van der Waals surface area contributed by atoms with Gasteiger partial charge in [0.25, 0.3) is 5.91 Å². The van der Waals surface area contributed by atoms with Gasteiger partial charge in [-0.1, -0.05) is 6.42 Å². The van der Waals surface area contributed by atoms with Crippen LogP contribution < -0.4 is 10.6 Å². The molecule has 8 nitrogen and oxygen atoms in total. The molecule has 0 spiro atoms. The summed E-state index contributed by atoms with van der Waals surface area (Å²) in [6.07, 6.45) is 5.59. The summed E-state index contributed by atoms with van der Waals surface area (Å²) < 4.78 is 2.18. The van der Waals surface area contributed by atoms with Gasteiger partial charge in [0.05, 0.1) is 0 Å². The zero-order valence-corrected chi connectivity index (χ0v) is 17.5. The van der Waals surface area contributed by atoms with E-state index in [0.29, 0.717) is 12.2 Å². The molecule has 0 radical (unpaired) electrons. The maximum atomic E-state index is 12.7. The molecule has 2 N–H and O–H groups in total. The Labute approximate surface area is 167 Å². The third-order valence-electron chi connectivity index (χ3n) is 6.03. The number of aryl methyl sites for hydroxylation is 1. The van der Waals surface area contributed by atoms with Gasteiger partial charge in [0.2, 0.25) is 0 Å². The number of urea groups is 1. The van der Waals surface area contributed by atoms with Crippen molar-refractivity contribution < 1.29 is 9.59 Å². The van der Waals surface area contributed by atoms with Crippen LogP contribution in [0.25, 0.3) is 0 Å². The molecule has 1 aromatic rings. The van der Waals surface area contributed by atoms with Gasteiger partial charge in [-0.05, 0) is 52.6 Å². The zero-order valence-electron chi connectivity index (χ0n) is 17.5. The van der Waals surface area contributed by atoms with Crippen LogP contribution >= 0.6 is 0 Å². The summed E-state index contributed by atoms with van der Waals surface area (Å²) >= 11 is 0. The first-order valence-electron chi connectivity index (χ1n) is 10.5. The Kier molecular flexibility index (Phi) is 6.93. The number of amides is 3. The number of hydrogen-bond acceptors (Lipinski definition) is 4. The molecule has 156 valence electrons. The highest BCUT2D eigenvalue weighted by atomic mass is 16.2. The van der Waals surface area contributed by atoms with Crippen LogP contribution in [-0.2, 0) is 0 Å². The second-order valence-corrected chi connectivity index (χ2v) is 7.89. The second-order valence-electron chi connectivity index (χ2n) is 7.89. The van der Waals surface area contributed by atoms with Crippen molar-refractivity contribution in [2.45, 2.75) is 52.0 Å². The van der Waals surface area contributed by atoms with Crippen molar-refractivity contribution in [3.8, 4) is 0 Å². The first kappa shape index (κ1) is 20.6. The lowest BCUT2D eigenvalue weighted by molar-refractivity contribution is 0.0941. The molecule has 3 heterocycles. The molecule has 2 saturated heterocycles. The van der Waals surface area contributed by atoms with E-state index in [1.165, 1.54) is 19.3 Å². The molecule has 3 amide bonds. The summed E-state index contributed by atoms with van der Waals surface area (Å²) in [6, 6.07) is 0.259. The topological polar surface area (TPSA) is 82.5 Å². The fraction of sp³-hybridized carbons (Fsp3) is 0.750.